The molecule has 0 spiro atoms. The van der Waals surface area contributed by atoms with Gasteiger partial charge in [0.15, 0.2) is 5.75 Å². The van der Waals surface area contributed by atoms with Gasteiger partial charge in [0.25, 0.3) is 0 Å². The lowest BCUT2D eigenvalue weighted by molar-refractivity contribution is 0.0687. The number of aromatic carboxylic acids is 2. The van der Waals surface area contributed by atoms with Crippen molar-refractivity contribution in [3.63, 3.8) is 0 Å². The van der Waals surface area contributed by atoms with Crippen molar-refractivity contribution in [2.75, 3.05) is 11.5 Å². The average molecular weight is 288 g/mol. The van der Waals surface area contributed by atoms with Crippen molar-refractivity contribution in [3.8, 4) is 11.5 Å². The number of carboxylic acids is 2. The molecule has 0 saturated carbocycles. The fourth-order valence-corrected chi connectivity index (χ4v) is 1.76. The number of hydrogen-bond donors (Lipinski definition) is 4. The second kappa shape index (κ2) is 5.41. The Kier molecular flexibility index (Phi) is 3.66. The Morgan fingerprint density at radius 1 is 1.00 bits per heavy atom. The van der Waals surface area contributed by atoms with Gasteiger partial charge in [0.1, 0.15) is 11.3 Å². The van der Waals surface area contributed by atoms with Crippen molar-refractivity contribution in [2.45, 2.75) is 0 Å². The first-order valence-electron chi connectivity index (χ1n) is 5.82. The number of hydrogen-bond acceptors (Lipinski definition) is 5. The molecule has 7 nitrogen and oxygen atoms in total. The first kappa shape index (κ1) is 14.2. The van der Waals surface area contributed by atoms with E-state index in [0.29, 0.717) is 0 Å². The quantitative estimate of drug-likeness (QED) is 0.632. The molecule has 0 radical (unpaired) electrons. The summed E-state index contributed by atoms with van der Waals surface area (Å²) in [4.78, 5) is 22.0. The molecule has 0 atom stereocenters. The predicted octanol–water partition coefficient (Wildman–Crippen LogP) is 2.04. The van der Waals surface area contributed by atoms with Crippen molar-refractivity contribution in [2.24, 2.45) is 0 Å². The zero-order valence-corrected chi connectivity index (χ0v) is 10.7. The largest absolute Gasteiger partial charge is 0.478 e. The van der Waals surface area contributed by atoms with E-state index in [-0.39, 0.29) is 34.0 Å². The molecule has 108 valence electrons. The van der Waals surface area contributed by atoms with E-state index in [2.05, 4.69) is 0 Å². The standard InChI is InChI=1S/C14H12N2O5/c15-9-4-5-10(12(16)11(9)14(19)20)21-8-3-1-2-7(6-8)13(17)18/h1-6H,15-16H2,(H,17,18)(H,19,20). The summed E-state index contributed by atoms with van der Waals surface area (Å²) in [7, 11) is 0. The predicted molar refractivity (Wildman–Crippen MR) is 75.7 cm³/mol. The minimum Gasteiger partial charge on any atom is -0.478 e. The van der Waals surface area contributed by atoms with Gasteiger partial charge in [0.05, 0.1) is 11.3 Å². The third-order valence-corrected chi connectivity index (χ3v) is 2.76. The first-order chi connectivity index (χ1) is 9.90. The van der Waals surface area contributed by atoms with Gasteiger partial charge >= 0.3 is 11.9 Å². The Hall–Kier alpha value is -3.22. The molecule has 0 aromatic heterocycles. The molecule has 0 amide bonds. The second-order valence-electron chi connectivity index (χ2n) is 4.18. The van der Waals surface area contributed by atoms with Gasteiger partial charge < -0.3 is 26.4 Å². The Balaban J connectivity index is 2.41. The zero-order chi connectivity index (χ0) is 15.6. The molecule has 0 aliphatic heterocycles. The number of rotatable bonds is 4. The highest BCUT2D eigenvalue weighted by Gasteiger charge is 2.17. The molecule has 2 rings (SSSR count). The Labute approximate surface area is 119 Å². The van der Waals surface area contributed by atoms with Crippen LogP contribution in [0.5, 0.6) is 11.5 Å². The minimum atomic E-state index is -1.27. The van der Waals surface area contributed by atoms with Crippen LogP contribution in [0.1, 0.15) is 20.7 Å². The fraction of sp³-hybridized carbons (Fsp3) is 0. The average Bonchev–Trinajstić information content (AvgIpc) is 2.42. The molecular weight excluding hydrogens is 276 g/mol. The highest BCUT2D eigenvalue weighted by atomic mass is 16.5. The summed E-state index contributed by atoms with van der Waals surface area (Å²) in [6.07, 6.45) is 0. The van der Waals surface area contributed by atoms with Gasteiger partial charge in [0, 0.05) is 5.69 Å². The molecule has 0 aliphatic rings. The molecule has 0 heterocycles. The lowest BCUT2D eigenvalue weighted by Crippen LogP contribution is -2.08. The van der Waals surface area contributed by atoms with Gasteiger partial charge in [-0.1, -0.05) is 6.07 Å². The summed E-state index contributed by atoms with van der Waals surface area (Å²) in [6.45, 7) is 0. The summed E-state index contributed by atoms with van der Waals surface area (Å²) in [5.41, 5.74) is 11.0. The molecule has 2 aromatic rings. The van der Waals surface area contributed by atoms with Gasteiger partial charge in [-0.2, -0.15) is 0 Å². The Morgan fingerprint density at radius 2 is 1.71 bits per heavy atom. The third-order valence-electron chi connectivity index (χ3n) is 2.76. The normalized spacial score (nSPS) is 10.1. The van der Waals surface area contributed by atoms with Crippen LogP contribution in [0, 0.1) is 0 Å². The number of benzene rings is 2. The summed E-state index contributed by atoms with van der Waals surface area (Å²) in [5, 5.41) is 18.0. The maximum Gasteiger partial charge on any atom is 0.340 e. The molecule has 0 unspecified atom stereocenters. The molecule has 6 N–H and O–H groups in total. The number of ether oxygens (including phenoxy) is 1. The molecular formula is C14H12N2O5. The summed E-state index contributed by atoms with van der Waals surface area (Å²) in [5.74, 6) is -2.06. The van der Waals surface area contributed by atoms with E-state index in [1.165, 1.54) is 36.4 Å². The molecule has 0 bridgehead atoms. The van der Waals surface area contributed by atoms with E-state index in [0.717, 1.165) is 0 Å². The summed E-state index contributed by atoms with van der Waals surface area (Å²) in [6, 6.07) is 8.52. The van der Waals surface area contributed by atoms with Crippen molar-refractivity contribution in [3.05, 3.63) is 47.5 Å². The van der Waals surface area contributed by atoms with Crippen LogP contribution < -0.4 is 16.2 Å². The highest BCUT2D eigenvalue weighted by molar-refractivity contribution is 6.00. The van der Waals surface area contributed by atoms with Gasteiger partial charge in [-0.15, -0.1) is 0 Å². The summed E-state index contributed by atoms with van der Waals surface area (Å²) >= 11 is 0. The molecule has 0 saturated heterocycles. The fourth-order valence-electron chi connectivity index (χ4n) is 1.76. The minimum absolute atomic E-state index is 0.0200. The van der Waals surface area contributed by atoms with Crippen LogP contribution in [0.4, 0.5) is 11.4 Å². The van der Waals surface area contributed by atoms with Gasteiger partial charge in [-0.05, 0) is 30.3 Å². The smallest absolute Gasteiger partial charge is 0.340 e. The van der Waals surface area contributed by atoms with Crippen LogP contribution in [-0.4, -0.2) is 22.2 Å². The molecule has 2 aromatic carbocycles. The number of anilines is 2. The Morgan fingerprint density at radius 3 is 2.33 bits per heavy atom. The number of carbonyl (C=O) groups is 2. The van der Waals surface area contributed by atoms with Crippen LogP contribution in [0.2, 0.25) is 0 Å². The molecule has 7 heteroatoms. The number of carboxylic acid groups (broad SMARTS) is 2. The second-order valence-corrected chi connectivity index (χ2v) is 4.18. The lowest BCUT2D eigenvalue weighted by atomic mass is 10.1. The maximum atomic E-state index is 11.1. The van der Waals surface area contributed by atoms with Crippen LogP contribution in [0.25, 0.3) is 0 Å². The van der Waals surface area contributed by atoms with Crippen molar-refractivity contribution in [1.29, 1.82) is 0 Å². The van der Waals surface area contributed by atoms with Crippen molar-refractivity contribution >= 4 is 23.3 Å². The van der Waals surface area contributed by atoms with Crippen LogP contribution >= 0.6 is 0 Å². The van der Waals surface area contributed by atoms with Gasteiger partial charge in [-0.25, -0.2) is 9.59 Å². The van der Waals surface area contributed by atoms with E-state index in [9.17, 15) is 9.59 Å². The van der Waals surface area contributed by atoms with Crippen LogP contribution in [-0.2, 0) is 0 Å². The van der Waals surface area contributed by atoms with E-state index < -0.39 is 11.9 Å². The van der Waals surface area contributed by atoms with Crippen molar-refractivity contribution in [1.82, 2.24) is 0 Å². The van der Waals surface area contributed by atoms with E-state index in [4.69, 9.17) is 26.4 Å². The van der Waals surface area contributed by atoms with E-state index in [1.807, 2.05) is 0 Å². The van der Waals surface area contributed by atoms with Gasteiger partial charge in [-0.3, -0.25) is 0 Å². The molecule has 0 fully saturated rings. The monoisotopic (exact) mass is 288 g/mol. The molecule has 0 aliphatic carbocycles. The lowest BCUT2D eigenvalue weighted by Gasteiger charge is -2.12. The Bertz CT molecular complexity index is 727. The van der Waals surface area contributed by atoms with Crippen molar-refractivity contribution < 1.29 is 24.5 Å². The summed E-state index contributed by atoms with van der Waals surface area (Å²) < 4.78 is 5.44. The van der Waals surface area contributed by atoms with Crippen LogP contribution in [0.15, 0.2) is 36.4 Å². The topological polar surface area (TPSA) is 136 Å². The van der Waals surface area contributed by atoms with E-state index in [1.54, 1.807) is 0 Å². The first-order valence-corrected chi connectivity index (χ1v) is 5.82. The SMILES string of the molecule is Nc1ccc(Oc2cccc(C(=O)O)c2)c(N)c1C(=O)O. The third kappa shape index (κ3) is 2.86. The number of nitrogens with two attached hydrogens (primary N) is 2. The maximum absolute atomic E-state index is 11.1. The zero-order valence-electron chi connectivity index (χ0n) is 10.7. The van der Waals surface area contributed by atoms with Crippen LogP contribution in [0.3, 0.4) is 0 Å². The number of nitrogen functional groups attached to an aromatic ring is 2. The van der Waals surface area contributed by atoms with E-state index >= 15 is 0 Å². The van der Waals surface area contributed by atoms with Gasteiger partial charge in [0.2, 0.25) is 0 Å². The highest BCUT2D eigenvalue weighted by Crippen LogP contribution is 2.33. The molecule has 21 heavy (non-hydrogen) atoms.